The first-order valence-electron chi connectivity index (χ1n) is 5.69. The Morgan fingerprint density at radius 1 is 1.56 bits per heavy atom. The summed E-state index contributed by atoms with van der Waals surface area (Å²) in [5.74, 6) is 2.35. The highest BCUT2D eigenvalue weighted by Gasteiger charge is 2.41. The number of nitrogens with zero attached hydrogens (tertiary/aromatic N) is 1. The fourth-order valence-corrected chi connectivity index (χ4v) is 1.94. The number of piperidine rings is 1. The lowest BCUT2D eigenvalue weighted by Gasteiger charge is -2.38. The van der Waals surface area contributed by atoms with Crippen LogP contribution in [-0.4, -0.2) is 49.7 Å². The standard InChI is InChI=1S/C12H20N2O2/c1-4-8-13-12(11(15)16-5-2)6-9-14(3)10-7-12/h1,13H,5-10H2,2-3H3. The van der Waals surface area contributed by atoms with Gasteiger partial charge in [-0.15, -0.1) is 6.42 Å². The van der Waals surface area contributed by atoms with Crippen LogP contribution in [0.1, 0.15) is 19.8 Å². The van der Waals surface area contributed by atoms with Crippen LogP contribution >= 0.6 is 0 Å². The number of esters is 1. The maximum atomic E-state index is 12.0. The minimum absolute atomic E-state index is 0.168. The molecule has 0 spiro atoms. The van der Waals surface area contributed by atoms with Crippen LogP contribution in [0.2, 0.25) is 0 Å². The number of rotatable bonds is 4. The smallest absolute Gasteiger partial charge is 0.326 e. The molecule has 90 valence electrons. The molecule has 0 amide bonds. The van der Waals surface area contributed by atoms with Gasteiger partial charge in [0.1, 0.15) is 5.54 Å². The van der Waals surface area contributed by atoms with Crippen LogP contribution < -0.4 is 5.32 Å². The molecule has 0 aromatic rings. The third-order valence-electron chi connectivity index (χ3n) is 3.04. The SMILES string of the molecule is C#CCNC1(C(=O)OCC)CCN(C)CC1. The van der Waals surface area contributed by atoms with E-state index in [0.29, 0.717) is 13.2 Å². The molecule has 0 aromatic heterocycles. The van der Waals surface area contributed by atoms with E-state index in [1.165, 1.54) is 0 Å². The molecule has 1 aliphatic heterocycles. The number of hydrogen-bond acceptors (Lipinski definition) is 4. The highest BCUT2D eigenvalue weighted by Crippen LogP contribution is 2.23. The minimum atomic E-state index is -0.575. The Bertz CT molecular complexity index is 275. The number of carbonyl (C=O) groups is 1. The average molecular weight is 224 g/mol. The van der Waals surface area contributed by atoms with E-state index in [2.05, 4.69) is 23.2 Å². The van der Waals surface area contributed by atoms with Crippen molar-refractivity contribution in [2.75, 3.05) is 33.3 Å². The zero-order chi connectivity index (χ0) is 12.0. The Labute approximate surface area is 97.3 Å². The predicted molar refractivity (Wildman–Crippen MR) is 62.9 cm³/mol. The van der Waals surface area contributed by atoms with Crippen molar-refractivity contribution in [1.82, 2.24) is 10.2 Å². The van der Waals surface area contributed by atoms with E-state index in [1.54, 1.807) is 0 Å². The molecule has 0 bridgehead atoms. The van der Waals surface area contributed by atoms with Gasteiger partial charge in [-0.3, -0.25) is 10.1 Å². The second-order valence-corrected chi connectivity index (χ2v) is 4.16. The summed E-state index contributed by atoms with van der Waals surface area (Å²) in [6.45, 7) is 4.41. The van der Waals surface area contributed by atoms with Crippen LogP contribution in [0.5, 0.6) is 0 Å². The van der Waals surface area contributed by atoms with Crippen LogP contribution in [-0.2, 0) is 9.53 Å². The van der Waals surface area contributed by atoms with Crippen molar-refractivity contribution >= 4 is 5.97 Å². The summed E-state index contributed by atoms with van der Waals surface area (Å²) in [7, 11) is 2.05. The normalized spacial score (nSPS) is 20.1. The molecule has 0 saturated carbocycles. The van der Waals surface area contributed by atoms with Crippen LogP contribution in [0, 0.1) is 12.3 Å². The molecule has 0 unspecified atom stereocenters. The lowest BCUT2D eigenvalue weighted by atomic mass is 9.87. The first kappa shape index (κ1) is 13.0. The summed E-state index contributed by atoms with van der Waals surface area (Å²) in [5.41, 5.74) is -0.575. The van der Waals surface area contributed by atoms with Crippen molar-refractivity contribution in [3.8, 4) is 12.3 Å². The zero-order valence-corrected chi connectivity index (χ0v) is 10.1. The lowest BCUT2D eigenvalue weighted by molar-refractivity contribution is -0.153. The van der Waals surface area contributed by atoms with E-state index < -0.39 is 5.54 Å². The molecule has 0 aliphatic carbocycles. The maximum Gasteiger partial charge on any atom is 0.326 e. The Balaban J connectivity index is 2.69. The number of hydrogen-bond donors (Lipinski definition) is 1. The van der Waals surface area contributed by atoms with Gasteiger partial charge in [-0.1, -0.05) is 5.92 Å². The van der Waals surface area contributed by atoms with Gasteiger partial charge >= 0.3 is 5.97 Å². The molecule has 1 saturated heterocycles. The van der Waals surface area contributed by atoms with Crippen LogP contribution in [0.25, 0.3) is 0 Å². The molecule has 4 nitrogen and oxygen atoms in total. The van der Waals surface area contributed by atoms with Crippen molar-refractivity contribution in [2.24, 2.45) is 0 Å². The van der Waals surface area contributed by atoms with Crippen molar-refractivity contribution in [3.63, 3.8) is 0 Å². The Hall–Kier alpha value is -1.05. The summed E-state index contributed by atoms with van der Waals surface area (Å²) in [6.07, 6.45) is 6.74. The van der Waals surface area contributed by atoms with Gasteiger partial charge in [0.25, 0.3) is 0 Å². The predicted octanol–water partition coefficient (Wildman–Crippen LogP) is 0.237. The van der Waals surface area contributed by atoms with Gasteiger partial charge in [-0.2, -0.15) is 0 Å². The van der Waals surface area contributed by atoms with Gasteiger partial charge in [0.15, 0.2) is 0 Å². The molecule has 1 fully saturated rings. The van der Waals surface area contributed by atoms with Gasteiger partial charge < -0.3 is 9.64 Å². The maximum absolute atomic E-state index is 12.0. The van der Waals surface area contributed by atoms with E-state index in [9.17, 15) is 4.79 Å². The summed E-state index contributed by atoms with van der Waals surface area (Å²) in [5, 5.41) is 3.15. The summed E-state index contributed by atoms with van der Waals surface area (Å²) < 4.78 is 5.13. The largest absolute Gasteiger partial charge is 0.465 e. The van der Waals surface area contributed by atoms with Crippen molar-refractivity contribution in [2.45, 2.75) is 25.3 Å². The van der Waals surface area contributed by atoms with E-state index in [1.807, 2.05) is 6.92 Å². The fourth-order valence-electron chi connectivity index (χ4n) is 1.94. The third kappa shape index (κ3) is 2.97. The van der Waals surface area contributed by atoms with Gasteiger partial charge in [0.05, 0.1) is 13.2 Å². The third-order valence-corrected chi connectivity index (χ3v) is 3.04. The summed E-state index contributed by atoms with van der Waals surface area (Å²) >= 11 is 0. The molecule has 0 atom stereocenters. The molecule has 1 N–H and O–H groups in total. The van der Waals surface area contributed by atoms with Crippen molar-refractivity contribution < 1.29 is 9.53 Å². The van der Waals surface area contributed by atoms with Gasteiger partial charge in [-0.05, 0) is 26.8 Å². The highest BCUT2D eigenvalue weighted by atomic mass is 16.5. The topological polar surface area (TPSA) is 41.6 Å². The molecule has 1 rings (SSSR count). The zero-order valence-electron chi connectivity index (χ0n) is 10.1. The van der Waals surface area contributed by atoms with Crippen LogP contribution in [0.15, 0.2) is 0 Å². The summed E-state index contributed by atoms with van der Waals surface area (Å²) in [4.78, 5) is 14.2. The molecule has 16 heavy (non-hydrogen) atoms. The molecular weight excluding hydrogens is 204 g/mol. The summed E-state index contributed by atoms with van der Waals surface area (Å²) in [6, 6.07) is 0. The molecule has 0 radical (unpaired) electrons. The fraction of sp³-hybridized carbons (Fsp3) is 0.750. The quantitative estimate of drug-likeness (QED) is 0.548. The minimum Gasteiger partial charge on any atom is -0.465 e. The molecule has 0 aromatic carbocycles. The molecule has 4 heteroatoms. The van der Waals surface area contributed by atoms with E-state index >= 15 is 0 Å². The lowest BCUT2D eigenvalue weighted by Crippen LogP contribution is -2.58. The first-order valence-corrected chi connectivity index (χ1v) is 5.69. The second kappa shape index (κ2) is 5.88. The van der Waals surface area contributed by atoms with E-state index in [-0.39, 0.29) is 5.97 Å². The Morgan fingerprint density at radius 2 is 2.19 bits per heavy atom. The molecular formula is C12H20N2O2. The van der Waals surface area contributed by atoms with Gasteiger partial charge in [-0.25, -0.2) is 0 Å². The highest BCUT2D eigenvalue weighted by molar-refractivity contribution is 5.81. The number of carbonyl (C=O) groups excluding carboxylic acids is 1. The van der Waals surface area contributed by atoms with Crippen molar-refractivity contribution in [3.05, 3.63) is 0 Å². The van der Waals surface area contributed by atoms with Gasteiger partial charge in [0.2, 0.25) is 0 Å². The number of nitrogens with one attached hydrogen (secondary N) is 1. The monoisotopic (exact) mass is 224 g/mol. The number of ether oxygens (including phenoxy) is 1. The molecule has 1 heterocycles. The van der Waals surface area contributed by atoms with E-state index in [0.717, 1.165) is 25.9 Å². The van der Waals surface area contributed by atoms with E-state index in [4.69, 9.17) is 11.2 Å². The van der Waals surface area contributed by atoms with Crippen LogP contribution in [0.4, 0.5) is 0 Å². The van der Waals surface area contributed by atoms with Gasteiger partial charge in [0, 0.05) is 13.1 Å². The Morgan fingerprint density at radius 3 is 2.69 bits per heavy atom. The average Bonchev–Trinajstić information content (AvgIpc) is 2.29. The van der Waals surface area contributed by atoms with Crippen LogP contribution in [0.3, 0.4) is 0 Å². The first-order chi connectivity index (χ1) is 7.64. The molecule has 1 aliphatic rings. The number of terminal acetylenes is 1. The number of likely N-dealkylation sites (tertiary alicyclic amines) is 1. The second-order valence-electron chi connectivity index (χ2n) is 4.16. The Kier molecular flexibility index (Phi) is 4.78. The van der Waals surface area contributed by atoms with Crippen molar-refractivity contribution in [1.29, 1.82) is 0 Å².